The fourth-order valence-corrected chi connectivity index (χ4v) is 3.60. The Balaban J connectivity index is -0.000000262. The van der Waals surface area contributed by atoms with Gasteiger partial charge < -0.3 is 14.2 Å². The van der Waals surface area contributed by atoms with Crippen molar-refractivity contribution in [3.05, 3.63) is 0 Å². The third-order valence-electron chi connectivity index (χ3n) is 6.03. The zero-order valence-corrected chi connectivity index (χ0v) is 34.0. The Labute approximate surface area is 299 Å². The van der Waals surface area contributed by atoms with Crippen LogP contribution in [0.5, 0.6) is 0 Å². The van der Waals surface area contributed by atoms with Gasteiger partial charge in [-0.25, -0.2) is 0 Å². The van der Waals surface area contributed by atoms with E-state index in [0.717, 1.165) is 56.3 Å². The number of hydrogen-bond acceptors (Lipinski definition) is 9. The van der Waals surface area contributed by atoms with Crippen LogP contribution in [-0.2, 0) is 28.6 Å². The van der Waals surface area contributed by atoms with Crippen molar-refractivity contribution < 1.29 is 28.6 Å². The van der Waals surface area contributed by atoms with E-state index in [0.29, 0.717) is 19.8 Å². The van der Waals surface area contributed by atoms with Crippen LogP contribution in [0.3, 0.4) is 0 Å². The van der Waals surface area contributed by atoms with Crippen molar-refractivity contribution in [1.82, 2.24) is 0 Å². The van der Waals surface area contributed by atoms with Crippen molar-refractivity contribution >= 4 is 80.2 Å². The summed E-state index contributed by atoms with van der Waals surface area (Å²) in [5.74, 6) is 1.69. The molecule has 257 valence electrons. The van der Waals surface area contributed by atoms with Gasteiger partial charge in [0.1, 0.15) is 0 Å². The number of hydrogen-bond donors (Lipinski definition) is 3. The summed E-state index contributed by atoms with van der Waals surface area (Å²) in [4.78, 5) is 33.0. The molecule has 0 heterocycles. The Morgan fingerprint density at radius 1 is 0.419 bits per heavy atom. The SMILES string of the molecule is CC(C)CCCCCOC(=O)C(C)S.CC(C)CCCCCOC(=O)C(C)S.CC(C)CCCCCOC(=O)C(C)S.[Sb]. The van der Waals surface area contributed by atoms with Crippen molar-refractivity contribution in [2.45, 2.75) is 155 Å². The quantitative estimate of drug-likeness (QED) is 0.0356. The number of rotatable bonds is 21. The minimum absolute atomic E-state index is 0. The molecule has 0 rings (SSSR count). The predicted octanol–water partition coefficient (Wildman–Crippen LogP) is 8.81. The van der Waals surface area contributed by atoms with Gasteiger partial charge in [-0.2, -0.15) is 37.9 Å². The first-order chi connectivity index (χ1) is 19.6. The van der Waals surface area contributed by atoms with E-state index in [1.54, 1.807) is 20.8 Å². The van der Waals surface area contributed by atoms with Crippen LogP contribution < -0.4 is 0 Å². The molecule has 3 atom stereocenters. The average Bonchev–Trinajstić information content (AvgIpc) is 2.89. The van der Waals surface area contributed by atoms with E-state index in [1.165, 1.54) is 38.5 Å². The maximum Gasteiger partial charge on any atom is 0.318 e. The molecule has 0 fully saturated rings. The second-order valence-corrected chi connectivity index (χ2v) is 14.6. The Morgan fingerprint density at radius 2 is 0.628 bits per heavy atom. The second-order valence-electron chi connectivity index (χ2n) is 12.3. The molecule has 0 amide bonds. The third kappa shape index (κ3) is 44.5. The first-order valence-corrected chi connectivity index (χ1v) is 17.7. The van der Waals surface area contributed by atoms with Gasteiger partial charge in [-0.15, -0.1) is 0 Å². The molecule has 6 nitrogen and oxygen atoms in total. The number of ether oxygens (including phenoxy) is 3. The minimum atomic E-state index is -0.300. The van der Waals surface area contributed by atoms with Gasteiger partial charge in [0.05, 0.1) is 35.6 Å². The van der Waals surface area contributed by atoms with E-state index in [4.69, 9.17) is 14.2 Å². The number of carbonyl (C=O) groups is 3. The monoisotopic (exact) mass is 775 g/mol. The molecule has 0 aliphatic carbocycles. The zero-order chi connectivity index (χ0) is 32.9. The van der Waals surface area contributed by atoms with Gasteiger partial charge >= 0.3 is 17.9 Å². The van der Waals surface area contributed by atoms with Crippen LogP contribution in [0.25, 0.3) is 0 Å². The minimum Gasteiger partial charge on any atom is -0.465 e. The van der Waals surface area contributed by atoms with Gasteiger partial charge in [0.2, 0.25) is 0 Å². The Morgan fingerprint density at radius 3 is 0.791 bits per heavy atom. The van der Waals surface area contributed by atoms with E-state index in [1.807, 2.05) is 0 Å². The summed E-state index contributed by atoms with van der Waals surface area (Å²) >= 11 is 12.0. The second kappa shape index (κ2) is 35.1. The van der Waals surface area contributed by atoms with Crippen LogP contribution in [0.15, 0.2) is 0 Å². The van der Waals surface area contributed by atoms with Crippen molar-refractivity contribution in [3.8, 4) is 0 Å². The molecule has 0 aliphatic rings. The Kier molecular flexibility index (Phi) is 41.0. The van der Waals surface area contributed by atoms with E-state index < -0.39 is 0 Å². The van der Waals surface area contributed by atoms with Crippen molar-refractivity contribution in [1.29, 1.82) is 0 Å². The topological polar surface area (TPSA) is 78.9 Å². The number of esters is 3. The van der Waals surface area contributed by atoms with Gasteiger partial charge in [0.15, 0.2) is 0 Å². The van der Waals surface area contributed by atoms with Gasteiger partial charge in [-0.3, -0.25) is 14.4 Å². The maximum absolute atomic E-state index is 11.0. The van der Waals surface area contributed by atoms with Crippen molar-refractivity contribution in [2.24, 2.45) is 17.8 Å². The first kappa shape index (κ1) is 50.1. The van der Waals surface area contributed by atoms with Gasteiger partial charge in [0.25, 0.3) is 0 Å². The van der Waals surface area contributed by atoms with E-state index >= 15 is 0 Å². The molecule has 0 bridgehead atoms. The molecule has 0 aromatic carbocycles. The molecule has 0 aromatic heterocycles. The van der Waals surface area contributed by atoms with Crippen LogP contribution in [0.2, 0.25) is 0 Å². The molecule has 3 unspecified atom stereocenters. The molecule has 0 saturated carbocycles. The van der Waals surface area contributed by atoms with E-state index in [2.05, 4.69) is 79.4 Å². The number of carbonyl (C=O) groups excluding carboxylic acids is 3. The zero-order valence-electron chi connectivity index (χ0n) is 28.8. The fourth-order valence-electron chi connectivity index (χ4n) is 3.37. The number of unbranched alkanes of at least 4 members (excludes halogenated alkanes) is 6. The van der Waals surface area contributed by atoms with E-state index in [9.17, 15) is 14.4 Å². The largest absolute Gasteiger partial charge is 0.465 e. The fraction of sp³-hybridized carbons (Fsp3) is 0.909. The van der Waals surface area contributed by atoms with Gasteiger partial charge in [-0.05, 0) is 57.8 Å². The van der Waals surface area contributed by atoms with Crippen LogP contribution in [0, 0.1) is 17.8 Å². The van der Waals surface area contributed by atoms with Crippen LogP contribution >= 0.6 is 37.9 Å². The summed E-state index contributed by atoms with van der Waals surface area (Å²) in [7, 11) is 0. The van der Waals surface area contributed by atoms with Crippen molar-refractivity contribution in [3.63, 3.8) is 0 Å². The van der Waals surface area contributed by atoms with Crippen LogP contribution in [0.1, 0.15) is 139 Å². The maximum atomic E-state index is 11.0. The average molecular weight is 777 g/mol. The van der Waals surface area contributed by atoms with Gasteiger partial charge in [-0.1, -0.05) is 99.3 Å². The van der Waals surface area contributed by atoms with Gasteiger partial charge in [0, 0.05) is 24.4 Å². The summed E-state index contributed by atoms with van der Waals surface area (Å²) in [6.45, 7) is 20.2. The van der Waals surface area contributed by atoms with Crippen LogP contribution in [-0.4, -0.2) is 77.9 Å². The van der Waals surface area contributed by atoms with Crippen molar-refractivity contribution in [2.75, 3.05) is 19.8 Å². The summed E-state index contributed by atoms with van der Waals surface area (Å²) in [5, 5.41) is -0.901. The molecule has 0 spiro atoms. The Hall–Kier alpha value is 0.278. The van der Waals surface area contributed by atoms with Crippen LogP contribution in [0.4, 0.5) is 0 Å². The molecule has 0 aromatic rings. The molecular formula is C33H66O6S3Sb. The summed E-state index contributed by atoms with van der Waals surface area (Å²) in [6.07, 6.45) is 13.8. The Bertz CT molecular complexity index is 559. The molecule has 0 N–H and O–H groups in total. The first-order valence-electron chi connectivity index (χ1n) is 16.2. The summed E-state index contributed by atoms with van der Waals surface area (Å²) in [6, 6.07) is 0. The third-order valence-corrected chi connectivity index (χ3v) is 6.67. The predicted molar refractivity (Wildman–Crippen MR) is 194 cm³/mol. The molecule has 3 radical (unpaired) electrons. The number of thiol groups is 3. The smallest absolute Gasteiger partial charge is 0.318 e. The summed E-state index contributed by atoms with van der Waals surface area (Å²) < 4.78 is 15.0. The normalized spacial score (nSPS) is 12.6. The molecule has 0 aliphatic heterocycles. The molecule has 0 saturated heterocycles. The molecule has 10 heteroatoms. The standard InChI is InChI=1S/3C11H22O2S.Sb/c3*1-9(2)7-5-4-6-8-13-11(12)10(3)14;/h3*9-10,14H,4-8H2,1-3H3;. The molecule has 43 heavy (non-hydrogen) atoms. The molecular weight excluding hydrogens is 710 g/mol. The summed E-state index contributed by atoms with van der Waals surface area (Å²) in [5.41, 5.74) is 0. The van der Waals surface area contributed by atoms with E-state index in [-0.39, 0.29) is 58.1 Å².